The van der Waals surface area contributed by atoms with Crippen molar-refractivity contribution in [1.82, 2.24) is 10.4 Å². The lowest BCUT2D eigenvalue weighted by atomic mass is 10.2. The monoisotopic (exact) mass is 423 g/mol. The molecule has 1 aromatic heterocycles. The number of rotatable bonds is 6. The SMILES string of the molecule is COc1cc(C=NNC(=O)c2ccc(C)nc2)ccc1OC(=O)c1ccc(Cl)cc1. The molecule has 0 aliphatic rings. The second-order valence-electron chi connectivity index (χ2n) is 6.19. The standard InChI is InChI=1S/C22H18ClN3O4/c1-14-3-5-17(13-24-14)21(27)26-25-12-15-4-10-19(20(11-15)29-2)30-22(28)16-6-8-18(23)9-7-16/h3-13H,1-2H3,(H,26,27). The summed E-state index contributed by atoms with van der Waals surface area (Å²) in [7, 11) is 1.46. The molecular formula is C22H18ClN3O4. The number of halogens is 1. The Balaban J connectivity index is 1.66. The molecule has 2 aromatic carbocycles. The number of aryl methyl sites for hydroxylation is 1. The van der Waals surface area contributed by atoms with Crippen LogP contribution < -0.4 is 14.9 Å². The Labute approximate surface area is 178 Å². The van der Waals surface area contributed by atoms with Crippen molar-refractivity contribution in [2.75, 3.05) is 7.11 Å². The molecule has 0 fully saturated rings. The fourth-order valence-electron chi connectivity index (χ4n) is 2.43. The second kappa shape index (κ2) is 9.67. The number of hydrazone groups is 1. The van der Waals surface area contributed by atoms with Gasteiger partial charge >= 0.3 is 5.97 Å². The molecule has 0 aliphatic carbocycles. The topological polar surface area (TPSA) is 89.9 Å². The molecule has 0 saturated heterocycles. The van der Waals surface area contributed by atoms with Crippen LogP contribution in [0.3, 0.4) is 0 Å². The number of hydrogen-bond acceptors (Lipinski definition) is 6. The Morgan fingerprint density at radius 1 is 1.03 bits per heavy atom. The number of ether oxygens (including phenoxy) is 2. The minimum Gasteiger partial charge on any atom is -0.493 e. The number of hydrogen-bond donors (Lipinski definition) is 1. The van der Waals surface area contributed by atoms with Crippen LogP contribution in [0.2, 0.25) is 5.02 Å². The Hall–Kier alpha value is -3.71. The molecule has 1 heterocycles. The lowest BCUT2D eigenvalue weighted by molar-refractivity contribution is 0.0729. The van der Waals surface area contributed by atoms with Crippen LogP contribution >= 0.6 is 11.6 Å². The van der Waals surface area contributed by atoms with Crippen LogP contribution in [0.5, 0.6) is 11.5 Å². The van der Waals surface area contributed by atoms with Crippen LogP contribution in [0.25, 0.3) is 0 Å². The predicted octanol–water partition coefficient (Wildman–Crippen LogP) is 4.04. The number of pyridine rings is 1. The van der Waals surface area contributed by atoms with Crippen LogP contribution in [0.15, 0.2) is 65.9 Å². The number of nitrogens with one attached hydrogen (secondary N) is 1. The van der Waals surface area contributed by atoms with Crippen molar-refractivity contribution >= 4 is 29.7 Å². The third kappa shape index (κ3) is 5.42. The van der Waals surface area contributed by atoms with Gasteiger partial charge in [0.05, 0.1) is 24.5 Å². The van der Waals surface area contributed by atoms with Gasteiger partial charge in [0.1, 0.15) is 0 Å². The van der Waals surface area contributed by atoms with E-state index in [2.05, 4.69) is 15.5 Å². The summed E-state index contributed by atoms with van der Waals surface area (Å²) in [4.78, 5) is 28.4. The normalized spacial score (nSPS) is 10.6. The largest absolute Gasteiger partial charge is 0.493 e. The number of benzene rings is 2. The van der Waals surface area contributed by atoms with E-state index in [0.717, 1.165) is 5.69 Å². The summed E-state index contributed by atoms with van der Waals surface area (Å²) >= 11 is 5.83. The third-order valence-electron chi connectivity index (χ3n) is 4.02. The Bertz CT molecular complexity index is 1080. The predicted molar refractivity (Wildman–Crippen MR) is 113 cm³/mol. The molecule has 0 aliphatic heterocycles. The van der Waals surface area contributed by atoms with Gasteiger partial charge in [-0.15, -0.1) is 0 Å². The first kappa shape index (κ1) is 21.0. The van der Waals surface area contributed by atoms with Gasteiger partial charge in [-0.25, -0.2) is 10.2 Å². The highest BCUT2D eigenvalue weighted by molar-refractivity contribution is 6.30. The molecule has 152 valence electrons. The molecule has 30 heavy (non-hydrogen) atoms. The molecule has 0 bridgehead atoms. The lowest BCUT2D eigenvalue weighted by Crippen LogP contribution is -2.17. The van der Waals surface area contributed by atoms with Crippen molar-refractivity contribution in [1.29, 1.82) is 0 Å². The number of aromatic nitrogens is 1. The van der Waals surface area contributed by atoms with Gasteiger partial charge in [-0.2, -0.15) is 5.10 Å². The van der Waals surface area contributed by atoms with Gasteiger partial charge in [-0.3, -0.25) is 9.78 Å². The minimum absolute atomic E-state index is 0.254. The van der Waals surface area contributed by atoms with Gasteiger partial charge in [-0.1, -0.05) is 11.6 Å². The summed E-state index contributed by atoms with van der Waals surface area (Å²) in [6.45, 7) is 1.84. The molecule has 0 unspecified atom stereocenters. The van der Waals surface area contributed by atoms with Crippen molar-refractivity contribution in [3.05, 3.63) is 88.2 Å². The molecule has 8 heteroatoms. The fraction of sp³-hybridized carbons (Fsp3) is 0.0909. The molecule has 1 amide bonds. The van der Waals surface area contributed by atoms with Gasteiger partial charge < -0.3 is 9.47 Å². The van der Waals surface area contributed by atoms with Crippen LogP contribution in [-0.4, -0.2) is 30.2 Å². The van der Waals surface area contributed by atoms with Crippen molar-refractivity contribution in [2.24, 2.45) is 5.10 Å². The van der Waals surface area contributed by atoms with Crippen LogP contribution in [0, 0.1) is 6.92 Å². The highest BCUT2D eigenvalue weighted by Gasteiger charge is 2.13. The van der Waals surface area contributed by atoms with E-state index in [9.17, 15) is 9.59 Å². The number of esters is 1. The third-order valence-corrected chi connectivity index (χ3v) is 4.28. The zero-order chi connectivity index (χ0) is 21.5. The average Bonchev–Trinajstić information content (AvgIpc) is 2.75. The number of carbonyl (C=O) groups excluding carboxylic acids is 2. The summed E-state index contributed by atoms with van der Waals surface area (Å²) in [5.41, 5.74) is 4.65. The molecule has 3 aromatic rings. The summed E-state index contributed by atoms with van der Waals surface area (Å²) in [6, 6.07) is 14.7. The Kier molecular flexibility index (Phi) is 6.77. The molecule has 1 N–H and O–H groups in total. The molecule has 3 rings (SSSR count). The second-order valence-corrected chi connectivity index (χ2v) is 6.63. The molecule has 7 nitrogen and oxygen atoms in total. The smallest absolute Gasteiger partial charge is 0.343 e. The summed E-state index contributed by atoms with van der Waals surface area (Å²) in [6.07, 6.45) is 2.93. The molecule has 0 saturated carbocycles. The quantitative estimate of drug-likeness (QED) is 0.280. The zero-order valence-electron chi connectivity index (χ0n) is 16.3. The first-order valence-electron chi connectivity index (χ1n) is 8.88. The van der Waals surface area contributed by atoms with E-state index in [1.807, 2.05) is 6.92 Å². The fourth-order valence-corrected chi connectivity index (χ4v) is 2.55. The van der Waals surface area contributed by atoms with Crippen LogP contribution in [0.4, 0.5) is 0 Å². The number of nitrogens with zero attached hydrogens (tertiary/aromatic N) is 2. The van der Waals surface area contributed by atoms with Crippen molar-refractivity contribution < 1.29 is 19.1 Å². The van der Waals surface area contributed by atoms with Gasteiger partial charge in [-0.05, 0) is 67.1 Å². The Morgan fingerprint density at radius 2 is 1.77 bits per heavy atom. The number of amides is 1. The Morgan fingerprint density at radius 3 is 2.43 bits per heavy atom. The summed E-state index contributed by atoms with van der Waals surface area (Å²) in [5, 5.41) is 4.46. The van der Waals surface area contributed by atoms with E-state index in [1.54, 1.807) is 54.6 Å². The van der Waals surface area contributed by atoms with E-state index in [1.165, 1.54) is 19.5 Å². The van der Waals surface area contributed by atoms with Gasteiger partial charge in [0.2, 0.25) is 0 Å². The van der Waals surface area contributed by atoms with E-state index >= 15 is 0 Å². The molecular weight excluding hydrogens is 406 g/mol. The molecule has 0 spiro atoms. The maximum absolute atomic E-state index is 12.3. The van der Waals surface area contributed by atoms with Crippen molar-refractivity contribution in [2.45, 2.75) is 6.92 Å². The first-order valence-corrected chi connectivity index (χ1v) is 9.26. The van der Waals surface area contributed by atoms with Crippen molar-refractivity contribution in [3.63, 3.8) is 0 Å². The van der Waals surface area contributed by atoms with Crippen LogP contribution in [0.1, 0.15) is 32.0 Å². The zero-order valence-corrected chi connectivity index (χ0v) is 17.0. The van der Waals surface area contributed by atoms with E-state index in [0.29, 0.717) is 27.5 Å². The summed E-state index contributed by atoms with van der Waals surface area (Å²) in [5.74, 6) is -0.315. The van der Waals surface area contributed by atoms with Gasteiger partial charge in [0.25, 0.3) is 5.91 Å². The average molecular weight is 424 g/mol. The highest BCUT2D eigenvalue weighted by Crippen LogP contribution is 2.28. The lowest BCUT2D eigenvalue weighted by Gasteiger charge is -2.10. The van der Waals surface area contributed by atoms with Crippen molar-refractivity contribution in [3.8, 4) is 11.5 Å². The highest BCUT2D eigenvalue weighted by atomic mass is 35.5. The number of carbonyl (C=O) groups is 2. The summed E-state index contributed by atoms with van der Waals surface area (Å²) < 4.78 is 10.7. The molecule has 0 radical (unpaired) electrons. The van der Waals surface area contributed by atoms with Gasteiger partial charge in [0.15, 0.2) is 11.5 Å². The maximum Gasteiger partial charge on any atom is 0.343 e. The number of methoxy groups -OCH3 is 1. The molecule has 0 atom stereocenters. The first-order chi connectivity index (χ1) is 14.5. The van der Waals surface area contributed by atoms with E-state index < -0.39 is 5.97 Å². The maximum atomic E-state index is 12.3. The van der Waals surface area contributed by atoms with Crippen LogP contribution in [-0.2, 0) is 0 Å². The van der Waals surface area contributed by atoms with Gasteiger partial charge in [0, 0.05) is 16.9 Å². The van der Waals surface area contributed by atoms with E-state index in [4.69, 9.17) is 21.1 Å². The van der Waals surface area contributed by atoms with E-state index in [-0.39, 0.29) is 11.7 Å². The minimum atomic E-state index is -0.537.